The van der Waals surface area contributed by atoms with Crippen LogP contribution in [0.15, 0.2) is 30.3 Å². The molecule has 0 saturated heterocycles. The Balaban J connectivity index is 2.65. The van der Waals surface area contributed by atoms with Gasteiger partial charge >= 0.3 is 12.1 Å². The minimum absolute atomic E-state index is 0.0958. The van der Waals surface area contributed by atoms with E-state index in [-0.39, 0.29) is 12.5 Å². The number of nitrogens with one attached hydrogen (secondary N) is 2. The lowest BCUT2D eigenvalue weighted by Gasteiger charge is -2.23. The zero-order chi connectivity index (χ0) is 19.5. The van der Waals surface area contributed by atoms with Crippen LogP contribution in [0.4, 0.5) is 4.79 Å². The van der Waals surface area contributed by atoms with Crippen molar-refractivity contribution in [3.05, 3.63) is 35.9 Å². The highest BCUT2D eigenvalue weighted by Crippen LogP contribution is 2.07. The molecule has 0 aliphatic carbocycles. The van der Waals surface area contributed by atoms with Crippen molar-refractivity contribution in [3.8, 4) is 0 Å². The molecule has 0 spiro atoms. The Morgan fingerprint density at radius 2 is 1.77 bits per heavy atom. The van der Waals surface area contributed by atoms with Crippen LogP contribution >= 0.6 is 0 Å². The van der Waals surface area contributed by atoms with Crippen molar-refractivity contribution in [2.24, 2.45) is 5.92 Å². The van der Waals surface area contributed by atoms with Crippen molar-refractivity contribution >= 4 is 18.0 Å². The van der Waals surface area contributed by atoms with Crippen molar-refractivity contribution in [2.75, 3.05) is 0 Å². The number of hydrogen-bond donors (Lipinski definition) is 3. The minimum Gasteiger partial charge on any atom is -0.480 e. The second kappa shape index (κ2) is 11.1. The van der Waals surface area contributed by atoms with Crippen LogP contribution in [-0.2, 0) is 20.9 Å². The zero-order valence-corrected chi connectivity index (χ0v) is 15.5. The van der Waals surface area contributed by atoms with Gasteiger partial charge in [0, 0.05) is 0 Å². The van der Waals surface area contributed by atoms with E-state index in [1.54, 1.807) is 13.8 Å². The van der Waals surface area contributed by atoms with Gasteiger partial charge in [-0.3, -0.25) is 4.79 Å². The molecule has 7 heteroatoms. The summed E-state index contributed by atoms with van der Waals surface area (Å²) in [6.07, 6.45) is 1.27. The number of alkyl carbamates (subject to hydrolysis) is 1. The number of hydrogen-bond acceptors (Lipinski definition) is 4. The first-order valence-electron chi connectivity index (χ1n) is 8.85. The summed E-state index contributed by atoms with van der Waals surface area (Å²) < 4.78 is 5.14. The standard InChI is InChI=1S/C19H28N2O5/c1-4-5-11-15(17(22)21-16(13(2)3)18(23)24)20-19(25)26-12-14-9-7-6-8-10-14/h6-10,13,15-16H,4-5,11-12H2,1-3H3,(H,20,25)(H,21,22)(H,23,24)/t15-,16-/m1/s1. The summed E-state index contributed by atoms with van der Waals surface area (Å²) in [5.74, 6) is -1.89. The second-order valence-electron chi connectivity index (χ2n) is 6.47. The molecule has 0 aliphatic heterocycles. The first kappa shape index (κ1) is 21.5. The van der Waals surface area contributed by atoms with Gasteiger partial charge in [0.1, 0.15) is 18.7 Å². The van der Waals surface area contributed by atoms with E-state index < -0.39 is 30.1 Å². The van der Waals surface area contributed by atoms with Crippen LogP contribution in [0.25, 0.3) is 0 Å². The predicted molar refractivity (Wildman–Crippen MR) is 97.5 cm³/mol. The third-order valence-electron chi connectivity index (χ3n) is 3.90. The van der Waals surface area contributed by atoms with Crippen molar-refractivity contribution in [3.63, 3.8) is 0 Å². The molecule has 2 atom stereocenters. The average Bonchev–Trinajstić information content (AvgIpc) is 2.61. The predicted octanol–water partition coefficient (Wildman–Crippen LogP) is 2.70. The number of carboxylic acid groups (broad SMARTS) is 1. The van der Waals surface area contributed by atoms with E-state index in [1.807, 2.05) is 37.3 Å². The molecule has 1 rings (SSSR count). The summed E-state index contributed by atoms with van der Waals surface area (Å²) in [6, 6.07) is 7.36. The van der Waals surface area contributed by atoms with Gasteiger partial charge in [-0.1, -0.05) is 63.9 Å². The molecule has 2 amide bonds. The van der Waals surface area contributed by atoms with Gasteiger partial charge in [-0.2, -0.15) is 0 Å². The summed E-state index contributed by atoms with van der Waals surface area (Å²) in [7, 11) is 0. The first-order valence-corrected chi connectivity index (χ1v) is 8.85. The molecule has 0 unspecified atom stereocenters. The lowest BCUT2D eigenvalue weighted by Crippen LogP contribution is -2.53. The average molecular weight is 364 g/mol. The van der Waals surface area contributed by atoms with Crippen molar-refractivity contribution < 1.29 is 24.2 Å². The highest BCUT2D eigenvalue weighted by molar-refractivity contribution is 5.89. The number of carbonyl (C=O) groups excluding carboxylic acids is 2. The number of benzene rings is 1. The molecule has 0 bridgehead atoms. The van der Waals surface area contributed by atoms with E-state index in [2.05, 4.69) is 10.6 Å². The Hall–Kier alpha value is -2.57. The van der Waals surface area contributed by atoms with Crippen LogP contribution in [-0.4, -0.2) is 35.2 Å². The Morgan fingerprint density at radius 3 is 2.31 bits per heavy atom. The number of carboxylic acids is 1. The number of ether oxygens (including phenoxy) is 1. The molecular weight excluding hydrogens is 336 g/mol. The molecule has 1 aromatic rings. The highest BCUT2D eigenvalue weighted by atomic mass is 16.5. The molecule has 26 heavy (non-hydrogen) atoms. The topological polar surface area (TPSA) is 105 Å². The van der Waals surface area contributed by atoms with E-state index in [1.165, 1.54) is 0 Å². The normalized spacial score (nSPS) is 12.9. The smallest absolute Gasteiger partial charge is 0.408 e. The Morgan fingerprint density at radius 1 is 1.12 bits per heavy atom. The Labute approximate surface area is 154 Å². The van der Waals surface area contributed by atoms with Crippen LogP contribution in [0.3, 0.4) is 0 Å². The molecule has 0 aliphatic rings. The number of amides is 2. The van der Waals surface area contributed by atoms with Crippen LogP contribution in [0.1, 0.15) is 45.6 Å². The molecule has 0 radical (unpaired) electrons. The maximum absolute atomic E-state index is 12.4. The molecule has 0 fully saturated rings. The van der Waals surface area contributed by atoms with E-state index in [0.717, 1.165) is 18.4 Å². The number of rotatable bonds is 10. The molecular formula is C19H28N2O5. The third kappa shape index (κ3) is 7.55. The quantitative estimate of drug-likeness (QED) is 0.592. The fourth-order valence-corrected chi connectivity index (χ4v) is 2.35. The second-order valence-corrected chi connectivity index (χ2v) is 6.47. The first-order chi connectivity index (χ1) is 12.3. The van der Waals surface area contributed by atoms with Gasteiger partial charge in [-0.15, -0.1) is 0 Å². The minimum atomic E-state index is -1.10. The lowest BCUT2D eigenvalue weighted by molar-refractivity contribution is -0.143. The molecule has 1 aromatic carbocycles. The van der Waals surface area contributed by atoms with E-state index in [4.69, 9.17) is 4.74 Å². The third-order valence-corrected chi connectivity index (χ3v) is 3.90. The summed E-state index contributed by atoms with van der Waals surface area (Å²) >= 11 is 0. The van der Waals surface area contributed by atoms with E-state index in [0.29, 0.717) is 6.42 Å². The number of unbranched alkanes of at least 4 members (excludes halogenated alkanes) is 1. The molecule has 0 saturated carbocycles. The summed E-state index contributed by atoms with van der Waals surface area (Å²) in [5.41, 5.74) is 0.836. The molecule has 0 aromatic heterocycles. The lowest BCUT2D eigenvalue weighted by atomic mass is 10.0. The van der Waals surface area contributed by atoms with E-state index in [9.17, 15) is 19.5 Å². The van der Waals surface area contributed by atoms with Crippen LogP contribution in [0.2, 0.25) is 0 Å². The van der Waals surface area contributed by atoms with Gasteiger partial charge in [0.25, 0.3) is 0 Å². The van der Waals surface area contributed by atoms with Gasteiger partial charge in [0.2, 0.25) is 5.91 Å². The van der Waals surface area contributed by atoms with Crippen LogP contribution < -0.4 is 10.6 Å². The summed E-state index contributed by atoms with van der Waals surface area (Å²) in [4.78, 5) is 35.7. The summed E-state index contributed by atoms with van der Waals surface area (Å²) in [5, 5.41) is 14.3. The molecule has 3 N–H and O–H groups in total. The monoisotopic (exact) mass is 364 g/mol. The number of carbonyl (C=O) groups is 3. The van der Waals surface area contributed by atoms with E-state index >= 15 is 0 Å². The van der Waals surface area contributed by atoms with Crippen LogP contribution in [0, 0.1) is 5.92 Å². The highest BCUT2D eigenvalue weighted by Gasteiger charge is 2.28. The Bertz CT molecular complexity index is 589. The SMILES string of the molecule is CCCC[C@@H](NC(=O)OCc1ccccc1)C(=O)N[C@@H](C(=O)O)C(C)C. The van der Waals surface area contributed by atoms with Gasteiger partial charge in [-0.05, 0) is 17.9 Å². The number of aliphatic carboxylic acids is 1. The van der Waals surface area contributed by atoms with Gasteiger partial charge in [0.05, 0.1) is 0 Å². The largest absolute Gasteiger partial charge is 0.480 e. The fourth-order valence-electron chi connectivity index (χ4n) is 2.35. The van der Waals surface area contributed by atoms with Crippen molar-refractivity contribution in [1.82, 2.24) is 10.6 Å². The van der Waals surface area contributed by atoms with Gasteiger partial charge in [0.15, 0.2) is 0 Å². The van der Waals surface area contributed by atoms with Gasteiger partial charge < -0.3 is 20.5 Å². The van der Waals surface area contributed by atoms with Crippen molar-refractivity contribution in [2.45, 2.75) is 58.7 Å². The van der Waals surface area contributed by atoms with Gasteiger partial charge in [-0.25, -0.2) is 9.59 Å². The molecule has 7 nitrogen and oxygen atoms in total. The maximum atomic E-state index is 12.4. The maximum Gasteiger partial charge on any atom is 0.408 e. The van der Waals surface area contributed by atoms with Crippen LogP contribution in [0.5, 0.6) is 0 Å². The summed E-state index contributed by atoms with van der Waals surface area (Å²) in [6.45, 7) is 5.48. The fraction of sp³-hybridized carbons (Fsp3) is 0.526. The van der Waals surface area contributed by atoms with Crippen molar-refractivity contribution in [1.29, 1.82) is 0 Å². The molecule has 144 valence electrons. The molecule has 0 heterocycles. The zero-order valence-electron chi connectivity index (χ0n) is 15.5. The Kier molecular flexibility index (Phi) is 9.19.